The third kappa shape index (κ3) is 3.78. The summed E-state index contributed by atoms with van der Waals surface area (Å²) < 4.78 is 0. The number of anilines is 2. The summed E-state index contributed by atoms with van der Waals surface area (Å²) >= 11 is 0. The van der Waals surface area contributed by atoms with E-state index in [1.807, 2.05) is 42.5 Å². The number of rotatable bonds is 5. The molecule has 0 atom stereocenters. The van der Waals surface area contributed by atoms with Crippen LogP contribution in [0, 0.1) is 0 Å². The summed E-state index contributed by atoms with van der Waals surface area (Å²) in [6.07, 6.45) is 0. The van der Waals surface area contributed by atoms with Gasteiger partial charge in [0.1, 0.15) is 0 Å². The molecule has 0 saturated carbocycles. The fourth-order valence-electron chi connectivity index (χ4n) is 4.13. The van der Waals surface area contributed by atoms with E-state index in [9.17, 15) is 5.11 Å². The van der Waals surface area contributed by atoms with Gasteiger partial charge in [-0.2, -0.15) is 0 Å². The SMILES string of the molecule is OC(=C1N(Cc2ccccc2)c2ccccc2N1Cc1ccccc1)c1ccccc1. The lowest BCUT2D eigenvalue weighted by Gasteiger charge is -2.27. The van der Waals surface area contributed by atoms with Gasteiger partial charge in [0.05, 0.1) is 11.4 Å². The normalized spacial score (nSPS) is 12.7. The minimum Gasteiger partial charge on any atom is -0.504 e. The summed E-state index contributed by atoms with van der Waals surface area (Å²) in [5.41, 5.74) is 5.38. The molecule has 0 bridgehead atoms. The Hall–Kier alpha value is -3.98. The summed E-state index contributed by atoms with van der Waals surface area (Å²) in [6.45, 7) is 1.35. The first-order valence-electron chi connectivity index (χ1n) is 10.5. The highest BCUT2D eigenvalue weighted by Crippen LogP contribution is 2.45. The van der Waals surface area contributed by atoms with E-state index in [1.165, 1.54) is 11.1 Å². The summed E-state index contributed by atoms with van der Waals surface area (Å²) in [5, 5.41) is 11.5. The van der Waals surface area contributed by atoms with E-state index in [0.29, 0.717) is 13.1 Å². The van der Waals surface area contributed by atoms with Crippen molar-refractivity contribution in [1.82, 2.24) is 0 Å². The number of aliphatic hydroxyl groups excluding tert-OH is 1. The number of hydrogen-bond donors (Lipinski definition) is 1. The lowest BCUT2D eigenvalue weighted by Crippen LogP contribution is -2.29. The number of nitrogens with zero attached hydrogens (tertiary/aromatic N) is 2. The van der Waals surface area contributed by atoms with Crippen molar-refractivity contribution >= 4 is 17.1 Å². The molecule has 3 nitrogen and oxygen atoms in total. The highest BCUT2D eigenvalue weighted by molar-refractivity contribution is 5.87. The van der Waals surface area contributed by atoms with Gasteiger partial charge in [0.25, 0.3) is 0 Å². The first kappa shape index (κ1) is 19.0. The average molecular weight is 405 g/mol. The van der Waals surface area contributed by atoms with E-state index in [2.05, 4.69) is 82.6 Å². The molecule has 0 spiro atoms. The Balaban J connectivity index is 1.66. The maximum Gasteiger partial charge on any atom is 0.164 e. The molecule has 0 unspecified atom stereocenters. The molecule has 152 valence electrons. The molecule has 4 aromatic rings. The smallest absolute Gasteiger partial charge is 0.164 e. The first-order valence-corrected chi connectivity index (χ1v) is 10.5. The molecule has 1 heterocycles. The Morgan fingerprint density at radius 3 is 1.35 bits per heavy atom. The quantitative estimate of drug-likeness (QED) is 0.380. The van der Waals surface area contributed by atoms with Crippen LogP contribution in [0.5, 0.6) is 0 Å². The zero-order chi connectivity index (χ0) is 21.0. The van der Waals surface area contributed by atoms with E-state index in [-0.39, 0.29) is 5.76 Å². The standard InChI is InChI=1S/C28H24N2O/c31-27(24-16-8-3-9-17-24)28-29(20-22-12-4-1-5-13-22)25-18-10-11-19-26(25)30(28)21-23-14-6-2-7-15-23/h1-19,31H,20-21H2. The van der Waals surface area contributed by atoms with Crippen LogP contribution in [0.4, 0.5) is 11.4 Å². The fraction of sp³-hybridized carbons (Fsp3) is 0.0714. The summed E-state index contributed by atoms with van der Waals surface area (Å²) in [6, 6.07) is 38.9. The molecule has 5 rings (SSSR count). The van der Waals surface area contributed by atoms with Crippen LogP contribution in [0.25, 0.3) is 5.76 Å². The Bertz CT molecular complexity index is 1120. The van der Waals surface area contributed by atoms with Gasteiger partial charge >= 0.3 is 0 Å². The van der Waals surface area contributed by atoms with Gasteiger partial charge in [0.2, 0.25) is 0 Å². The van der Waals surface area contributed by atoms with E-state index in [4.69, 9.17) is 0 Å². The van der Waals surface area contributed by atoms with E-state index < -0.39 is 0 Å². The summed E-state index contributed by atoms with van der Waals surface area (Å²) in [4.78, 5) is 4.44. The van der Waals surface area contributed by atoms with Gasteiger partial charge in [0.15, 0.2) is 11.6 Å². The molecule has 0 saturated heterocycles. The molecule has 1 aliphatic heterocycles. The number of hydrogen-bond acceptors (Lipinski definition) is 3. The molecule has 0 aromatic heterocycles. The molecule has 0 fully saturated rings. The molecule has 31 heavy (non-hydrogen) atoms. The van der Waals surface area contributed by atoms with Gasteiger partial charge in [-0.15, -0.1) is 0 Å². The molecule has 1 aliphatic rings. The third-order valence-corrected chi connectivity index (χ3v) is 5.60. The summed E-state index contributed by atoms with van der Waals surface area (Å²) in [7, 11) is 0. The van der Waals surface area contributed by atoms with Gasteiger partial charge < -0.3 is 14.9 Å². The average Bonchev–Trinajstić information content (AvgIpc) is 3.13. The van der Waals surface area contributed by atoms with Gasteiger partial charge in [-0.05, 0) is 23.3 Å². The van der Waals surface area contributed by atoms with Crippen LogP contribution in [-0.4, -0.2) is 5.11 Å². The Morgan fingerprint density at radius 2 is 0.903 bits per heavy atom. The monoisotopic (exact) mass is 404 g/mol. The van der Waals surface area contributed by atoms with Crippen LogP contribution in [0.15, 0.2) is 121 Å². The van der Waals surface area contributed by atoms with Crippen LogP contribution in [-0.2, 0) is 13.1 Å². The van der Waals surface area contributed by atoms with Crippen molar-refractivity contribution in [2.24, 2.45) is 0 Å². The van der Waals surface area contributed by atoms with E-state index >= 15 is 0 Å². The first-order chi connectivity index (χ1) is 15.3. The Morgan fingerprint density at radius 1 is 0.516 bits per heavy atom. The Kier molecular flexibility index (Phi) is 5.16. The van der Waals surface area contributed by atoms with Crippen LogP contribution < -0.4 is 9.80 Å². The van der Waals surface area contributed by atoms with E-state index in [1.54, 1.807) is 0 Å². The molecule has 0 aliphatic carbocycles. The highest BCUT2D eigenvalue weighted by Gasteiger charge is 2.34. The van der Waals surface area contributed by atoms with Crippen molar-refractivity contribution < 1.29 is 5.11 Å². The van der Waals surface area contributed by atoms with Crippen molar-refractivity contribution in [1.29, 1.82) is 0 Å². The van der Waals surface area contributed by atoms with Crippen molar-refractivity contribution in [2.45, 2.75) is 13.1 Å². The van der Waals surface area contributed by atoms with Crippen LogP contribution in [0.2, 0.25) is 0 Å². The molecule has 4 aromatic carbocycles. The molecular formula is C28H24N2O. The van der Waals surface area contributed by atoms with E-state index in [0.717, 1.165) is 22.8 Å². The molecule has 1 N–H and O–H groups in total. The number of fused-ring (bicyclic) bond motifs is 1. The van der Waals surface area contributed by atoms with Crippen molar-refractivity contribution in [3.05, 3.63) is 138 Å². The van der Waals surface area contributed by atoms with Crippen molar-refractivity contribution in [3.63, 3.8) is 0 Å². The number of benzene rings is 4. The van der Waals surface area contributed by atoms with Gasteiger partial charge in [-0.1, -0.05) is 103 Å². The number of para-hydroxylation sites is 2. The lowest BCUT2D eigenvalue weighted by atomic mass is 10.1. The lowest BCUT2D eigenvalue weighted by molar-refractivity contribution is 0.501. The van der Waals surface area contributed by atoms with Crippen LogP contribution in [0.1, 0.15) is 16.7 Å². The van der Waals surface area contributed by atoms with Crippen LogP contribution >= 0.6 is 0 Å². The molecular weight excluding hydrogens is 380 g/mol. The van der Waals surface area contributed by atoms with Gasteiger partial charge in [0, 0.05) is 18.7 Å². The predicted octanol–water partition coefficient (Wildman–Crippen LogP) is 6.60. The molecule has 3 heteroatoms. The highest BCUT2D eigenvalue weighted by atomic mass is 16.3. The topological polar surface area (TPSA) is 26.7 Å². The zero-order valence-corrected chi connectivity index (χ0v) is 17.2. The minimum absolute atomic E-state index is 0.281. The predicted molar refractivity (Wildman–Crippen MR) is 128 cm³/mol. The maximum atomic E-state index is 11.5. The largest absolute Gasteiger partial charge is 0.504 e. The second-order valence-electron chi connectivity index (χ2n) is 7.67. The minimum atomic E-state index is 0.281. The fourth-order valence-corrected chi connectivity index (χ4v) is 4.13. The second-order valence-corrected chi connectivity index (χ2v) is 7.67. The molecule has 0 radical (unpaired) electrons. The van der Waals surface area contributed by atoms with Crippen molar-refractivity contribution in [2.75, 3.05) is 9.80 Å². The van der Waals surface area contributed by atoms with Gasteiger partial charge in [-0.3, -0.25) is 0 Å². The summed E-state index contributed by atoms with van der Waals surface area (Å²) in [5.74, 6) is 1.09. The number of aliphatic hydroxyl groups is 1. The Labute approximate surface area is 183 Å². The maximum absolute atomic E-state index is 11.5. The molecule has 0 amide bonds. The van der Waals surface area contributed by atoms with Crippen molar-refractivity contribution in [3.8, 4) is 0 Å². The van der Waals surface area contributed by atoms with Gasteiger partial charge in [-0.25, -0.2) is 0 Å². The zero-order valence-electron chi connectivity index (χ0n) is 17.2. The third-order valence-electron chi connectivity index (χ3n) is 5.60. The second kappa shape index (κ2) is 8.41. The van der Waals surface area contributed by atoms with Crippen LogP contribution in [0.3, 0.4) is 0 Å².